The van der Waals surface area contributed by atoms with Crippen LogP contribution < -0.4 is 5.32 Å². The number of amides is 2. The van der Waals surface area contributed by atoms with Crippen LogP contribution in [-0.4, -0.2) is 41.8 Å². The first-order chi connectivity index (χ1) is 9.04. The van der Waals surface area contributed by atoms with Crippen LogP contribution in [0.3, 0.4) is 0 Å². The normalized spacial score (nSPS) is 24.2. The minimum atomic E-state index is -0.225. The molecule has 1 saturated carbocycles. The molecule has 3 atom stereocenters. The van der Waals surface area contributed by atoms with E-state index in [1.54, 1.807) is 4.90 Å². The lowest BCUT2D eigenvalue weighted by Gasteiger charge is -2.25. The maximum Gasteiger partial charge on any atom is 0.317 e. The Bertz CT molecular complexity index is 271. The third kappa shape index (κ3) is 5.81. The number of hydrogen-bond donors (Lipinski definition) is 2. The Hall–Kier alpha value is -0.770. The van der Waals surface area contributed by atoms with Gasteiger partial charge in [-0.3, -0.25) is 0 Å². The van der Waals surface area contributed by atoms with E-state index < -0.39 is 0 Å². The number of urea groups is 1. The van der Waals surface area contributed by atoms with Crippen molar-refractivity contribution in [2.45, 2.75) is 70.9 Å². The maximum absolute atomic E-state index is 12.0. The summed E-state index contributed by atoms with van der Waals surface area (Å²) in [6.45, 7) is 4.91. The molecule has 2 amide bonds. The van der Waals surface area contributed by atoms with E-state index in [9.17, 15) is 9.90 Å². The quantitative estimate of drug-likeness (QED) is 0.699. The number of aliphatic hydroxyl groups excluding tert-OH is 1. The zero-order valence-electron chi connectivity index (χ0n) is 12.7. The molecule has 4 nitrogen and oxygen atoms in total. The lowest BCUT2D eigenvalue weighted by molar-refractivity contribution is 0.113. The number of rotatable bonds is 7. The van der Waals surface area contributed by atoms with Crippen molar-refractivity contribution in [3.8, 4) is 0 Å². The molecule has 112 valence electrons. The summed E-state index contributed by atoms with van der Waals surface area (Å²) in [7, 11) is 1.82. The second-order valence-electron chi connectivity index (χ2n) is 5.99. The lowest BCUT2D eigenvalue weighted by Crippen LogP contribution is -2.44. The summed E-state index contributed by atoms with van der Waals surface area (Å²) < 4.78 is 0. The second-order valence-corrected chi connectivity index (χ2v) is 5.99. The van der Waals surface area contributed by atoms with Crippen molar-refractivity contribution in [2.24, 2.45) is 5.92 Å². The molecule has 0 saturated heterocycles. The van der Waals surface area contributed by atoms with E-state index in [0.717, 1.165) is 25.7 Å². The summed E-state index contributed by atoms with van der Waals surface area (Å²) in [5, 5.41) is 12.8. The molecule has 0 bridgehead atoms. The van der Waals surface area contributed by atoms with E-state index in [1.807, 2.05) is 7.05 Å². The highest BCUT2D eigenvalue weighted by Crippen LogP contribution is 2.25. The van der Waals surface area contributed by atoms with Gasteiger partial charge in [0.25, 0.3) is 0 Å². The van der Waals surface area contributed by atoms with E-state index in [-0.39, 0.29) is 24.1 Å². The average Bonchev–Trinajstić information content (AvgIpc) is 2.75. The van der Waals surface area contributed by atoms with Crippen molar-refractivity contribution in [1.82, 2.24) is 10.2 Å². The number of aliphatic hydroxyl groups is 1. The van der Waals surface area contributed by atoms with E-state index in [0.29, 0.717) is 6.54 Å². The Morgan fingerprint density at radius 1 is 1.42 bits per heavy atom. The summed E-state index contributed by atoms with van der Waals surface area (Å²) in [6.07, 6.45) is 7.41. The molecular formula is C15H30N2O2. The SMILES string of the molecule is CCCCCC(C)NC(=O)N(C)CC1CCCC1O. The van der Waals surface area contributed by atoms with Gasteiger partial charge in [0.05, 0.1) is 6.10 Å². The van der Waals surface area contributed by atoms with Crippen molar-refractivity contribution < 1.29 is 9.90 Å². The Morgan fingerprint density at radius 3 is 2.74 bits per heavy atom. The highest BCUT2D eigenvalue weighted by Gasteiger charge is 2.27. The van der Waals surface area contributed by atoms with Crippen molar-refractivity contribution in [1.29, 1.82) is 0 Å². The zero-order chi connectivity index (χ0) is 14.3. The molecule has 19 heavy (non-hydrogen) atoms. The molecule has 1 aliphatic carbocycles. The molecule has 3 unspecified atom stereocenters. The van der Waals surface area contributed by atoms with Gasteiger partial charge < -0.3 is 15.3 Å². The lowest BCUT2D eigenvalue weighted by atomic mass is 10.1. The fourth-order valence-electron chi connectivity index (χ4n) is 2.76. The standard InChI is InChI=1S/C15H30N2O2/c1-4-5-6-8-12(2)16-15(19)17(3)11-13-9-7-10-14(13)18/h12-14,18H,4-11H2,1-3H3,(H,16,19). The Morgan fingerprint density at radius 2 is 2.16 bits per heavy atom. The van der Waals surface area contributed by atoms with Crippen molar-refractivity contribution in [3.63, 3.8) is 0 Å². The van der Waals surface area contributed by atoms with Gasteiger partial charge in [0.1, 0.15) is 0 Å². The Balaban J connectivity index is 2.23. The molecule has 1 rings (SSSR count). The number of carbonyl (C=O) groups is 1. The first kappa shape index (κ1) is 16.3. The fraction of sp³-hybridized carbons (Fsp3) is 0.933. The maximum atomic E-state index is 12.0. The largest absolute Gasteiger partial charge is 0.393 e. The van der Waals surface area contributed by atoms with Crippen molar-refractivity contribution in [2.75, 3.05) is 13.6 Å². The van der Waals surface area contributed by atoms with Crippen LogP contribution >= 0.6 is 0 Å². The minimum Gasteiger partial charge on any atom is -0.393 e. The van der Waals surface area contributed by atoms with Crippen LogP contribution in [0.1, 0.15) is 58.8 Å². The number of hydrogen-bond acceptors (Lipinski definition) is 2. The van der Waals surface area contributed by atoms with E-state index >= 15 is 0 Å². The summed E-state index contributed by atoms with van der Waals surface area (Å²) in [5.41, 5.74) is 0. The summed E-state index contributed by atoms with van der Waals surface area (Å²) in [5.74, 6) is 0.256. The number of unbranched alkanes of at least 4 members (excludes halogenated alkanes) is 2. The first-order valence-corrected chi connectivity index (χ1v) is 7.74. The Labute approximate surface area is 117 Å². The van der Waals surface area contributed by atoms with Gasteiger partial charge >= 0.3 is 6.03 Å². The molecular weight excluding hydrogens is 240 g/mol. The van der Waals surface area contributed by atoms with Gasteiger partial charge in [-0.2, -0.15) is 0 Å². The van der Waals surface area contributed by atoms with E-state index in [1.165, 1.54) is 19.3 Å². The van der Waals surface area contributed by atoms with Crippen LogP contribution in [0.15, 0.2) is 0 Å². The summed E-state index contributed by atoms with van der Waals surface area (Å²) >= 11 is 0. The van der Waals surface area contributed by atoms with Gasteiger partial charge in [0.15, 0.2) is 0 Å². The van der Waals surface area contributed by atoms with Crippen LogP contribution in [0.4, 0.5) is 4.79 Å². The van der Waals surface area contributed by atoms with Gasteiger partial charge in [0, 0.05) is 25.6 Å². The number of nitrogens with one attached hydrogen (secondary N) is 1. The molecule has 0 spiro atoms. The molecule has 0 aromatic carbocycles. The molecule has 0 radical (unpaired) electrons. The molecule has 0 aromatic rings. The second kappa shape index (κ2) is 8.41. The molecule has 0 aromatic heterocycles. The minimum absolute atomic E-state index is 0.0110. The van der Waals surface area contributed by atoms with Crippen LogP contribution in [-0.2, 0) is 0 Å². The molecule has 0 aliphatic heterocycles. The van der Waals surface area contributed by atoms with Gasteiger partial charge in [-0.05, 0) is 26.2 Å². The third-order valence-corrected chi connectivity index (χ3v) is 4.08. The van der Waals surface area contributed by atoms with Crippen molar-refractivity contribution in [3.05, 3.63) is 0 Å². The van der Waals surface area contributed by atoms with Gasteiger partial charge in [-0.1, -0.05) is 32.6 Å². The number of nitrogens with zero attached hydrogens (tertiary/aromatic N) is 1. The average molecular weight is 270 g/mol. The molecule has 1 fully saturated rings. The van der Waals surface area contributed by atoms with Gasteiger partial charge in [-0.25, -0.2) is 4.79 Å². The first-order valence-electron chi connectivity index (χ1n) is 7.74. The van der Waals surface area contributed by atoms with Gasteiger partial charge in [-0.15, -0.1) is 0 Å². The summed E-state index contributed by atoms with van der Waals surface area (Å²) in [6, 6.07) is 0.220. The molecule has 0 heterocycles. The molecule has 1 aliphatic rings. The third-order valence-electron chi connectivity index (χ3n) is 4.08. The van der Waals surface area contributed by atoms with Crippen molar-refractivity contribution >= 4 is 6.03 Å². The monoisotopic (exact) mass is 270 g/mol. The predicted molar refractivity (Wildman–Crippen MR) is 78.1 cm³/mol. The number of carbonyl (C=O) groups excluding carboxylic acids is 1. The van der Waals surface area contributed by atoms with Crippen LogP contribution in [0.2, 0.25) is 0 Å². The van der Waals surface area contributed by atoms with E-state index in [2.05, 4.69) is 19.2 Å². The van der Waals surface area contributed by atoms with Crippen LogP contribution in [0.25, 0.3) is 0 Å². The van der Waals surface area contributed by atoms with Gasteiger partial charge in [0.2, 0.25) is 0 Å². The molecule has 4 heteroatoms. The fourth-order valence-corrected chi connectivity index (χ4v) is 2.76. The van der Waals surface area contributed by atoms with E-state index in [4.69, 9.17) is 0 Å². The van der Waals surface area contributed by atoms with Crippen LogP contribution in [0, 0.1) is 5.92 Å². The van der Waals surface area contributed by atoms with Crippen LogP contribution in [0.5, 0.6) is 0 Å². The highest BCUT2D eigenvalue weighted by molar-refractivity contribution is 5.74. The highest BCUT2D eigenvalue weighted by atomic mass is 16.3. The topological polar surface area (TPSA) is 52.6 Å². The predicted octanol–water partition coefficient (Wildman–Crippen LogP) is 2.76. The Kier molecular flexibility index (Phi) is 7.21. The molecule has 2 N–H and O–H groups in total. The smallest absolute Gasteiger partial charge is 0.317 e. The zero-order valence-corrected chi connectivity index (χ0v) is 12.7. The summed E-state index contributed by atoms with van der Waals surface area (Å²) in [4.78, 5) is 13.7.